The topological polar surface area (TPSA) is 55.1 Å². The minimum absolute atomic E-state index is 0.184. The van der Waals surface area contributed by atoms with Crippen molar-refractivity contribution in [1.82, 2.24) is 5.32 Å². The first kappa shape index (κ1) is 14.1. The van der Waals surface area contributed by atoms with Crippen molar-refractivity contribution < 1.29 is 4.79 Å². The van der Waals surface area contributed by atoms with E-state index in [9.17, 15) is 4.79 Å². The van der Waals surface area contributed by atoms with Gasteiger partial charge in [-0.3, -0.25) is 4.79 Å². The monoisotopic (exact) mass is 274 g/mol. The minimum Gasteiger partial charge on any atom is -0.397 e. The molecule has 17 heavy (non-hydrogen) atoms. The smallest absolute Gasteiger partial charge is 0.251 e. The average molecular weight is 275 g/mol. The van der Waals surface area contributed by atoms with Crippen molar-refractivity contribution in [3.8, 4) is 0 Å². The number of hydrogen-bond donors (Lipinski definition) is 2. The summed E-state index contributed by atoms with van der Waals surface area (Å²) in [5.74, 6) is 0.366. The molecule has 0 aliphatic rings. The highest BCUT2D eigenvalue weighted by atomic mass is 35.5. The van der Waals surface area contributed by atoms with Crippen LogP contribution in [0, 0.1) is 5.92 Å². The van der Waals surface area contributed by atoms with Gasteiger partial charge in [0.25, 0.3) is 5.91 Å². The van der Waals surface area contributed by atoms with Crippen LogP contribution in [0.5, 0.6) is 0 Å². The Bertz CT molecular complexity index is 396. The molecular formula is C12H16Cl2N2O. The zero-order valence-electron chi connectivity index (χ0n) is 9.89. The molecule has 1 amide bonds. The van der Waals surface area contributed by atoms with Crippen molar-refractivity contribution in [3.63, 3.8) is 0 Å². The maximum atomic E-state index is 11.8. The SMILES string of the molecule is CC(C)CCNC(=O)c1cc(N)c(Cl)c(Cl)c1. The van der Waals surface area contributed by atoms with Gasteiger partial charge in [0, 0.05) is 12.1 Å². The number of carbonyl (C=O) groups is 1. The van der Waals surface area contributed by atoms with Crippen LogP contribution in [0.1, 0.15) is 30.6 Å². The average Bonchev–Trinajstić information content (AvgIpc) is 2.24. The highest BCUT2D eigenvalue weighted by Gasteiger charge is 2.10. The number of amides is 1. The van der Waals surface area contributed by atoms with Gasteiger partial charge < -0.3 is 11.1 Å². The molecule has 0 heterocycles. The summed E-state index contributed by atoms with van der Waals surface area (Å²) in [4.78, 5) is 11.8. The maximum absolute atomic E-state index is 11.8. The van der Waals surface area contributed by atoms with Crippen LogP contribution in [0.25, 0.3) is 0 Å². The van der Waals surface area contributed by atoms with E-state index in [1.807, 2.05) is 0 Å². The summed E-state index contributed by atoms with van der Waals surface area (Å²) in [5, 5.41) is 3.38. The predicted molar refractivity (Wildman–Crippen MR) is 72.7 cm³/mol. The van der Waals surface area contributed by atoms with Crippen LogP contribution in [0.3, 0.4) is 0 Å². The molecule has 0 aliphatic carbocycles. The number of hydrogen-bond acceptors (Lipinski definition) is 2. The highest BCUT2D eigenvalue weighted by molar-refractivity contribution is 6.43. The molecule has 3 N–H and O–H groups in total. The van der Waals surface area contributed by atoms with Gasteiger partial charge in [-0.1, -0.05) is 37.0 Å². The first-order chi connectivity index (χ1) is 7.91. The molecule has 94 valence electrons. The third-order valence-corrected chi connectivity index (χ3v) is 3.14. The Morgan fingerprint density at radius 2 is 2.06 bits per heavy atom. The van der Waals surface area contributed by atoms with Crippen LogP contribution in [0.4, 0.5) is 5.69 Å². The zero-order valence-corrected chi connectivity index (χ0v) is 11.4. The highest BCUT2D eigenvalue weighted by Crippen LogP contribution is 2.29. The van der Waals surface area contributed by atoms with E-state index < -0.39 is 0 Å². The number of carbonyl (C=O) groups excluding carboxylic acids is 1. The Morgan fingerprint density at radius 1 is 1.41 bits per heavy atom. The van der Waals surface area contributed by atoms with Crippen molar-refractivity contribution in [2.24, 2.45) is 5.92 Å². The minimum atomic E-state index is -0.184. The van der Waals surface area contributed by atoms with Gasteiger partial charge >= 0.3 is 0 Å². The molecule has 0 atom stereocenters. The quantitative estimate of drug-likeness (QED) is 0.828. The largest absolute Gasteiger partial charge is 0.397 e. The summed E-state index contributed by atoms with van der Waals surface area (Å²) in [6, 6.07) is 3.05. The number of rotatable bonds is 4. The zero-order chi connectivity index (χ0) is 13.0. The molecule has 0 aromatic heterocycles. The van der Waals surface area contributed by atoms with Gasteiger partial charge in [-0.15, -0.1) is 0 Å². The molecule has 0 unspecified atom stereocenters. The Morgan fingerprint density at radius 3 is 2.59 bits per heavy atom. The van der Waals surface area contributed by atoms with E-state index >= 15 is 0 Å². The second-order valence-corrected chi connectivity index (χ2v) is 5.08. The lowest BCUT2D eigenvalue weighted by Crippen LogP contribution is -2.25. The first-order valence-corrected chi connectivity index (χ1v) is 6.20. The molecule has 0 fully saturated rings. The molecule has 1 aromatic rings. The van der Waals surface area contributed by atoms with Crippen LogP contribution in [0.2, 0.25) is 10.0 Å². The summed E-state index contributed by atoms with van der Waals surface area (Å²) in [6.45, 7) is 4.84. The van der Waals surface area contributed by atoms with E-state index in [1.54, 1.807) is 0 Å². The Hall–Kier alpha value is -0.930. The number of nitrogens with one attached hydrogen (secondary N) is 1. The molecule has 0 spiro atoms. The fourth-order valence-electron chi connectivity index (χ4n) is 1.32. The van der Waals surface area contributed by atoms with Crippen LogP contribution in [-0.4, -0.2) is 12.5 Å². The van der Waals surface area contributed by atoms with Crippen molar-refractivity contribution in [1.29, 1.82) is 0 Å². The third-order valence-electron chi connectivity index (χ3n) is 2.33. The lowest BCUT2D eigenvalue weighted by Gasteiger charge is -2.09. The van der Waals surface area contributed by atoms with E-state index in [4.69, 9.17) is 28.9 Å². The van der Waals surface area contributed by atoms with Crippen LogP contribution in [0.15, 0.2) is 12.1 Å². The van der Waals surface area contributed by atoms with E-state index in [0.29, 0.717) is 28.7 Å². The van der Waals surface area contributed by atoms with Crippen molar-refractivity contribution in [2.75, 3.05) is 12.3 Å². The Labute approximate surface area is 111 Å². The van der Waals surface area contributed by atoms with Gasteiger partial charge in [0.05, 0.1) is 15.7 Å². The molecular weight excluding hydrogens is 259 g/mol. The number of benzene rings is 1. The summed E-state index contributed by atoms with van der Waals surface area (Å²) in [7, 11) is 0. The summed E-state index contributed by atoms with van der Waals surface area (Å²) in [6.07, 6.45) is 0.933. The Kier molecular flexibility index (Phi) is 5.09. The van der Waals surface area contributed by atoms with Crippen molar-refractivity contribution in [2.45, 2.75) is 20.3 Å². The van der Waals surface area contributed by atoms with Gasteiger partial charge in [0.1, 0.15) is 0 Å². The number of nitrogen functional groups attached to an aromatic ring is 1. The standard InChI is InChI=1S/C12H16Cl2N2O/c1-7(2)3-4-16-12(17)8-5-9(13)11(14)10(15)6-8/h5-7H,3-4,15H2,1-2H3,(H,16,17). The van der Waals surface area contributed by atoms with E-state index in [2.05, 4.69) is 19.2 Å². The predicted octanol–water partition coefficient (Wildman–Crippen LogP) is 3.35. The molecule has 1 aromatic carbocycles. The van der Waals surface area contributed by atoms with Gasteiger partial charge in [-0.2, -0.15) is 0 Å². The maximum Gasteiger partial charge on any atom is 0.251 e. The van der Waals surface area contributed by atoms with Crippen LogP contribution >= 0.6 is 23.2 Å². The second-order valence-electron chi connectivity index (χ2n) is 4.30. The van der Waals surface area contributed by atoms with Gasteiger partial charge in [-0.25, -0.2) is 0 Å². The molecule has 3 nitrogen and oxygen atoms in total. The fourth-order valence-corrected chi connectivity index (χ4v) is 1.65. The molecule has 1 rings (SSSR count). The summed E-state index contributed by atoms with van der Waals surface area (Å²) < 4.78 is 0. The summed E-state index contributed by atoms with van der Waals surface area (Å²) >= 11 is 11.7. The number of nitrogens with two attached hydrogens (primary N) is 1. The molecule has 0 radical (unpaired) electrons. The number of anilines is 1. The van der Waals surface area contributed by atoms with E-state index in [-0.39, 0.29) is 10.9 Å². The molecule has 5 heteroatoms. The van der Waals surface area contributed by atoms with Crippen LogP contribution < -0.4 is 11.1 Å². The van der Waals surface area contributed by atoms with E-state index in [0.717, 1.165) is 6.42 Å². The van der Waals surface area contributed by atoms with E-state index in [1.165, 1.54) is 12.1 Å². The lowest BCUT2D eigenvalue weighted by atomic mass is 10.1. The summed E-state index contributed by atoms with van der Waals surface area (Å²) in [5.41, 5.74) is 6.38. The first-order valence-electron chi connectivity index (χ1n) is 5.44. The third kappa shape index (κ3) is 4.10. The molecule has 0 saturated carbocycles. The molecule has 0 bridgehead atoms. The van der Waals surface area contributed by atoms with Crippen molar-refractivity contribution in [3.05, 3.63) is 27.7 Å². The van der Waals surface area contributed by atoms with Gasteiger partial charge in [0.2, 0.25) is 0 Å². The lowest BCUT2D eigenvalue weighted by molar-refractivity contribution is 0.0952. The van der Waals surface area contributed by atoms with Crippen LogP contribution in [-0.2, 0) is 0 Å². The van der Waals surface area contributed by atoms with Gasteiger partial charge in [-0.05, 0) is 24.5 Å². The van der Waals surface area contributed by atoms with Crippen molar-refractivity contribution >= 4 is 34.8 Å². The second kappa shape index (κ2) is 6.12. The molecule has 0 aliphatic heterocycles. The van der Waals surface area contributed by atoms with Gasteiger partial charge in [0.15, 0.2) is 0 Å². The fraction of sp³-hybridized carbons (Fsp3) is 0.417. The Balaban J connectivity index is 2.70. The molecule has 0 saturated heterocycles. The number of halogens is 2. The normalized spacial score (nSPS) is 10.6.